The van der Waals surface area contributed by atoms with Crippen LogP contribution in [0.4, 0.5) is 11.4 Å². The van der Waals surface area contributed by atoms with Crippen LogP contribution in [0.2, 0.25) is 0 Å². The van der Waals surface area contributed by atoms with Gasteiger partial charge >= 0.3 is 5.97 Å². The van der Waals surface area contributed by atoms with Crippen LogP contribution in [0.25, 0.3) is 0 Å². The third-order valence-corrected chi connectivity index (χ3v) is 3.38. The summed E-state index contributed by atoms with van der Waals surface area (Å²) in [5.41, 5.74) is 2.54. The summed E-state index contributed by atoms with van der Waals surface area (Å²) in [5, 5.41) is 5.31. The predicted molar refractivity (Wildman–Crippen MR) is 95.4 cm³/mol. The van der Waals surface area contributed by atoms with Crippen LogP contribution in [-0.2, 0) is 14.3 Å². The van der Waals surface area contributed by atoms with Crippen LogP contribution in [-0.4, -0.2) is 23.9 Å². The van der Waals surface area contributed by atoms with Crippen LogP contribution in [0.3, 0.4) is 0 Å². The lowest BCUT2D eigenvalue weighted by Gasteiger charge is -2.14. The van der Waals surface area contributed by atoms with Crippen molar-refractivity contribution in [3.63, 3.8) is 0 Å². The average Bonchev–Trinajstić information content (AvgIpc) is 2.54. The Morgan fingerprint density at radius 1 is 0.960 bits per heavy atom. The molecule has 0 saturated heterocycles. The summed E-state index contributed by atoms with van der Waals surface area (Å²) in [6.07, 6.45) is -0.942. The molecule has 0 spiro atoms. The molecule has 0 aromatic heterocycles. The van der Waals surface area contributed by atoms with Gasteiger partial charge in [-0.1, -0.05) is 12.1 Å². The Bertz CT molecular complexity index is 784. The molecule has 0 radical (unpaired) electrons. The maximum absolute atomic E-state index is 12.1. The van der Waals surface area contributed by atoms with Crippen molar-refractivity contribution in [3.8, 4) is 0 Å². The lowest BCUT2D eigenvalue weighted by Crippen LogP contribution is -2.30. The van der Waals surface area contributed by atoms with E-state index < -0.39 is 18.0 Å². The zero-order chi connectivity index (χ0) is 18.4. The fourth-order valence-electron chi connectivity index (χ4n) is 2.14. The number of hydrogen-bond acceptors (Lipinski definition) is 4. The number of aryl methyl sites for hydroxylation is 1. The van der Waals surface area contributed by atoms with Gasteiger partial charge < -0.3 is 15.4 Å². The molecule has 6 nitrogen and oxygen atoms in total. The molecule has 1 unspecified atom stereocenters. The summed E-state index contributed by atoms with van der Waals surface area (Å²) in [6.45, 7) is 4.83. The summed E-state index contributed by atoms with van der Waals surface area (Å²) in [5.74, 6) is -1.22. The maximum Gasteiger partial charge on any atom is 0.338 e. The molecular formula is C19H20N2O4. The van der Waals surface area contributed by atoms with Crippen molar-refractivity contribution in [2.75, 3.05) is 10.6 Å². The molecule has 2 rings (SSSR count). The van der Waals surface area contributed by atoms with E-state index >= 15 is 0 Å². The van der Waals surface area contributed by atoms with Crippen LogP contribution in [0.5, 0.6) is 0 Å². The van der Waals surface area contributed by atoms with E-state index in [9.17, 15) is 14.4 Å². The number of ether oxygens (including phenoxy) is 1. The second-order valence-corrected chi connectivity index (χ2v) is 5.66. The topological polar surface area (TPSA) is 84.5 Å². The Hall–Kier alpha value is -3.15. The van der Waals surface area contributed by atoms with E-state index in [0.29, 0.717) is 16.9 Å². The molecule has 0 bridgehead atoms. The molecule has 0 heterocycles. The van der Waals surface area contributed by atoms with Crippen molar-refractivity contribution in [3.05, 3.63) is 59.7 Å². The molecule has 0 aliphatic carbocycles. The minimum absolute atomic E-state index is 0.197. The van der Waals surface area contributed by atoms with Gasteiger partial charge in [0.15, 0.2) is 6.10 Å². The fraction of sp³-hybridized carbons (Fsp3) is 0.211. The second-order valence-electron chi connectivity index (χ2n) is 5.66. The molecule has 0 saturated carbocycles. The van der Waals surface area contributed by atoms with Crippen molar-refractivity contribution in [2.45, 2.75) is 26.9 Å². The van der Waals surface area contributed by atoms with Gasteiger partial charge in [0.2, 0.25) is 5.91 Å². The van der Waals surface area contributed by atoms with E-state index in [0.717, 1.165) is 5.56 Å². The van der Waals surface area contributed by atoms with Gasteiger partial charge in [0.1, 0.15) is 0 Å². The molecular weight excluding hydrogens is 320 g/mol. The van der Waals surface area contributed by atoms with Crippen LogP contribution < -0.4 is 10.6 Å². The third kappa shape index (κ3) is 5.46. The molecule has 2 N–H and O–H groups in total. The van der Waals surface area contributed by atoms with Crippen LogP contribution in [0.15, 0.2) is 48.5 Å². The zero-order valence-electron chi connectivity index (χ0n) is 14.3. The molecule has 0 fully saturated rings. The monoisotopic (exact) mass is 340 g/mol. The highest BCUT2D eigenvalue weighted by Gasteiger charge is 2.19. The van der Waals surface area contributed by atoms with Crippen molar-refractivity contribution in [2.24, 2.45) is 0 Å². The molecule has 130 valence electrons. The first kappa shape index (κ1) is 18.2. The van der Waals surface area contributed by atoms with Gasteiger partial charge in [0.25, 0.3) is 5.91 Å². The smallest absolute Gasteiger partial charge is 0.338 e. The fourth-order valence-corrected chi connectivity index (χ4v) is 2.14. The highest BCUT2D eigenvalue weighted by atomic mass is 16.5. The Kier molecular flexibility index (Phi) is 5.89. The Morgan fingerprint density at radius 2 is 1.64 bits per heavy atom. The molecule has 2 aromatic rings. The summed E-state index contributed by atoms with van der Waals surface area (Å²) >= 11 is 0. The molecule has 25 heavy (non-hydrogen) atoms. The maximum atomic E-state index is 12.1. The number of rotatable bonds is 5. The SMILES string of the molecule is CC(=O)Nc1ccc(C(=O)OC(C)C(=O)Nc2cccc(C)c2)cc1. The molecule has 2 amide bonds. The van der Waals surface area contributed by atoms with E-state index in [1.165, 1.54) is 26.0 Å². The van der Waals surface area contributed by atoms with Gasteiger partial charge in [-0.3, -0.25) is 9.59 Å². The molecule has 6 heteroatoms. The standard InChI is InChI=1S/C19H20N2O4/c1-12-5-4-6-17(11-12)21-18(23)13(2)25-19(24)15-7-9-16(10-8-15)20-14(3)22/h4-11,13H,1-3H3,(H,20,22)(H,21,23). The van der Waals surface area contributed by atoms with Crippen LogP contribution in [0.1, 0.15) is 29.8 Å². The third-order valence-electron chi connectivity index (χ3n) is 3.38. The number of amides is 2. The quantitative estimate of drug-likeness (QED) is 0.819. The van der Waals surface area contributed by atoms with Crippen molar-refractivity contribution < 1.29 is 19.1 Å². The number of esters is 1. The summed E-state index contributed by atoms with van der Waals surface area (Å²) in [6, 6.07) is 13.6. The molecule has 0 aliphatic heterocycles. The Labute approximate surface area is 146 Å². The number of carbonyl (C=O) groups excluding carboxylic acids is 3. The predicted octanol–water partition coefficient (Wildman–Crippen LogP) is 3.14. The van der Waals surface area contributed by atoms with Gasteiger partial charge in [-0.15, -0.1) is 0 Å². The highest BCUT2D eigenvalue weighted by molar-refractivity contribution is 5.97. The number of hydrogen-bond donors (Lipinski definition) is 2. The first-order chi connectivity index (χ1) is 11.8. The largest absolute Gasteiger partial charge is 0.449 e. The number of nitrogens with one attached hydrogen (secondary N) is 2. The number of benzene rings is 2. The van der Waals surface area contributed by atoms with E-state index in [1.807, 2.05) is 25.1 Å². The van der Waals surface area contributed by atoms with Gasteiger partial charge in [0.05, 0.1) is 5.56 Å². The lowest BCUT2D eigenvalue weighted by molar-refractivity contribution is -0.123. The second kappa shape index (κ2) is 8.10. The molecule has 2 aromatic carbocycles. The van der Waals surface area contributed by atoms with Crippen LogP contribution in [0, 0.1) is 6.92 Å². The Morgan fingerprint density at radius 3 is 2.24 bits per heavy atom. The van der Waals surface area contributed by atoms with E-state index in [4.69, 9.17) is 4.74 Å². The number of carbonyl (C=O) groups is 3. The van der Waals surface area contributed by atoms with E-state index in [-0.39, 0.29) is 5.91 Å². The highest BCUT2D eigenvalue weighted by Crippen LogP contribution is 2.13. The normalized spacial score (nSPS) is 11.3. The van der Waals surface area contributed by atoms with Crippen molar-refractivity contribution in [1.82, 2.24) is 0 Å². The van der Waals surface area contributed by atoms with E-state index in [1.54, 1.807) is 18.2 Å². The number of anilines is 2. The van der Waals surface area contributed by atoms with E-state index in [2.05, 4.69) is 10.6 Å². The summed E-state index contributed by atoms with van der Waals surface area (Å²) in [4.78, 5) is 35.2. The minimum Gasteiger partial charge on any atom is -0.449 e. The summed E-state index contributed by atoms with van der Waals surface area (Å²) in [7, 11) is 0. The van der Waals surface area contributed by atoms with Gasteiger partial charge in [-0.2, -0.15) is 0 Å². The molecule has 0 aliphatic rings. The first-order valence-corrected chi connectivity index (χ1v) is 7.81. The average molecular weight is 340 g/mol. The van der Waals surface area contributed by atoms with Crippen molar-refractivity contribution >= 4 is 29.2 Å². The lowest BCUT2D eigenvalue weighted by atomic mass is 10.2. The van der Waals surface area contributed by atoms with Gasteiger partial charge in [-0.05, 0) is 55.8 Å². The van der Waals surface area contributed by atoms with Crippen molar-refractivity contribution in [1.29, 1.82) is 0 Å². The molecule has 1 atom stereocenters. The van der Waals surface area contributed by atoms with Gasteiger partial charge in [-0.25, -0.2) is 4.79 Å². The zero-order valence-corrected chi connectivity index (χ0v) is 14.3. The van der Waals surface area contributed by atoms with Crippen LogP contribution >= 0.6 is 0 Å². The Balaban J connectivity index is 1.94. The summed E-state index contributed by atoms with van der Waals surface area (Å²) < 4.78 is 5.18. The van der Waals surface area contributed by atoms with Gasteiger partial charge in [0, 0.05) is 18.3 Å². The first-order valence-electron chi connectivity index (χ1n) is 7.81. The minimum atomic E-state index is -0.942.